The second-order valence-corrected chi connectivity index (χ2v) is 5.89. The second kappa shape index (κ2) is 7.43. The van der Waals surface area contributed by atoms with Gasteiger partial charge in [-0.2, -0.15) is 5.10 Å². The third-order valence-corrected chi connectivity index (χ3v) is 4.13. The number of aromatic nitrogens is 2. The Morgan fingerprint density at radius 3 is 2.77 bits per heavy atom. The molecule has 7 heteroatoms. The van der Waals surface area contributed by atoms with Gasteiger partial charge < -0.3 is 5.32 Å². The number of carbonyl (C=O) groups is 1. The lowest BCUT2D eigenvalue weighted by molar-refractivity contribution is -0.122. The smallest absolute Gasteiger partial charge is 0.275 e. The van der Waals surface area contributed by atoms with E-state index in [1.807, 2.05) is 0 Å². The third-order valence-electron chi connectivity index (χ3n) is 4.13. The van der Waals surface area contributed by atoms with E-state index in [1.165, 1.54) is 6.20 Å². The number of fused-ring (bicyclic) bond motifs is 1. The molecule has 3 rings (SSSR count). The SMILES string of the molecule is CCC(NC(=O)Cn1ncc2ccccc2c1=O)c1cc(F)ccc1F. The maximum Gasteiger partial charge on any atom is 0.275 e. The summed E-state index contributed by atoms with van der Waals surface area (Å²) >= 11 is 0. The van der Waals surface area contributed by atoms with Crippen LogP contribution in [0.15, 0.2) is 53.5 Å². The van der Waals surface area contributed by atoms with Crippen LogP contribution in [0.25, 0.3) is 10.8 Å². The molecule has 0 fully saturated rings. The number of rotatable bonds is 5. The van der Waals surface area contributed by atoms with Crippen molar-refractivity contribution in [1.29, 1.82) is 0 Å². The number of amides is 1. The maximum atomic E-state index is 13.9. The molecule has 1 aromatic heterocycles. The molecule has 1 amide bonds. The molecule has 1 unspecified atom stereocenters. The Morgan fingerprint density at radius 2 is 2.00 bits per heavy atom. The van der Waals surface area contributed by atoms with Crippen LogP contribution in [0, 0.1) is 11.6 Å². The highest BCUT2D eigenvalue weighted by Gasteiger charge is 2.18. The monoisotopic (exact) mass is 357 g/mol. The van der Waals surface area contributed by atoms with Gasteiger partial charge in [0, 0.05) is 10.9 Å². The Kier molecular flexibility index (Phi) is 5.06. The molecule has 1 N–H and O–H groups in total. The predicted molar refractivity (Wildman–Crippen MR) is 93.5 cm³/mol. The van der Waals surface area contributed by atoms with Crippen molar-refractivity contribution in [3.05, 3.63) is 76.2 Å². The zero-order valence-corrected chi connectivity index (χ0v) is 14.1. The highest BCUT2D eigenvalue weighted by atomic mass is 19.1. The number of hydrogen-bond acceptors (Lipinski definition) is 3. The fourth-order valence-corrected chi connectivity index (χ4v) is 2.80. The first-order valence-corrected chi connectivity index (χ1v) is 8.18. The van der Waals surface area contributed by atoms with Crippen molar-refractivity contribution in [2.24, 2.45) is 0 Å². The van der Waals surface area contributed by atoms with Crippen molar-refractivity contribution < 1.29 is 13.6 Å². The maximum absolute atomic E-state index is 13.9. The largest absolute Gasteiger partial charge is 0.348 e. The van der Waals surface area contributed by atoms with Gasteiger partial charge in [-0.25, -0.2) is 13.5 Å². The van der Waals surface area contributed by atoms with Gasteiger partial charge in [0.15, 0.2) is 0 Å². The molecule has 2 aromatic carbocycles. The van der Waals surface area contributed by atoms with Crippen LogP contribution < -0.4 is 10.9 Å². The second-order valence-electron chi connectivity index (χ2n) is 5.89. The van der Waals surface area contributed by atoms with E-state index in [0.717, 1.165) is 22.9 Å². The molecule has 0 radical (unpaired) electrons. The van der Waals surface area contributed by atoms with E-state index in [1.54, 1.807) is 31.2 Å². The van der Waals surface area contributed by atoms with Gasteiger partial charge in [0.1, 0.15) is 18.2 Å². The van der Waals surface area contributed by atoms with E-state index >= 15 is 0 Å². The summed E-state index contributed by atoms with van der Waals surface area (Å²) in [7, 11) is 0. The molecular weight excluding hydrogens is 340 g/mol. The minimum Gasteiger partial charge on any atom is -0.348 e. The number of nitrogens with zero attached hydrogens (tertiary/aromatic N) is 2. The van der Waals surface area contributed by atoms with E-state index in [2.05, 4.69) is 10.4 Å². The number of halogens is 2. The summed E-state index contributed by atoms with van der Waals surface area (Å²) in [5.41, 5.74) is -0.317. The summed E-state index contributed by atoms with van der Waals surface area (Å²) in [5, 5.41) is 7.76. The fraction of sp³-hybridized carbons (Fsp3) is 0.211. The lowest BCUT2D eigenvalue weighted by Gasteiger charge is -2.18. The van der Waals surface area contributed by atoms with Gasteiger partial charge in [-0.3, -0.25) is 9.59 Å². The van der Waals surface area contributed by atoms with Crippen molar-refractivity contribution in [2.45, 2.75) is 25.9 Å². The summed E-state index contributed by atoms with van der Waals surface area (Å²) in [4.78, 5) is 24.7. The zero-order chi connectivity index (χ0) is 18.7. The van der Waals surface area contributed by atoms with Crippen molar-refractivity contribution in [3.8, 4) is 0 Å². The minimum atomic E-state index is -0.700. The Labute approximate surface area is 148 Å². The first-order valence-electron chi connectivity index (χ1n) is 8.18. The van der Waals surface area contributed by atoms with Crippen molar-refractivity contribution in [3.63, 3.8) is 0 Å². The van der Waals surface area contributed by atoms with Crippen LogP contribution in [0.3, 0.4) is 0 Å². The summed E-state index contributed by atoms with van der Waals surface area (Å²) in [5.74, 6) is -1.69. The molecule has 0 saturated heterocycles. The molecule has 0 bridgehead atoms. The minimum absolute atomic E-state index is 0.0691. The molecule has 0 aliphatic rings. The lowest BCUT2D eigenvalue weighted by Crippen LogP contribution is -2.35. The Bertz CT molecular complexity index is 1020. The van der Waals surface area contributed by atoms with Gasteiger partial charge in [0.25, 0.3) is 5.56 Å². The zero-order valence-electron chi connectivity index (χ0n) is 14.1. The Balaban J connectivity index is 1.81. The first-order chi connectivity index (χ1) is 12.5. The Hall–Kier alpha value is -3.09. The van der Waals surface area contributed by atoms with Gasteiger partial charge in [0.05, 0.1) is 17.6 Å². The van der Waals surface area contributed by atoms with Gasteiger partial charge in [-0.1, -0.05) is 25.1 Å². The van der Waals surface area contributed by atoms with Crippen LogP contribution in [0.4, 0.5) is 8.78 Å². The van der Waals surface area contributed by atoms with E-state index in [4.69, 9.17) is 0 Å². The molecule has 3 aromatic rings. The van der Waals surface area contributed by atoms with E-state index in [-0.39, 0.29) is 17.7 Å². The van der Waals surface area contributed by atoms with E-state index in [9.17, 15) is 18.4 Å². The van der Waals surface area contributed by atoms with Gasteiger partial charge in [-0.05, 0) is 30.7 Å². The van der Waals surface area contributed by atoms with Crippen LogP contribution in [0.5, 0.6) is 0 Å². The molecule has 0 spiro atoms. The van der Waals surface area contributed by atoms with Gasteiger partial charge >= 0.3 is 0 Å². The van der Waals surface area contributed by atoms with Crippen LogP contribution >= 0.6 is 0 Å². The quantitative estimate of drug-likeness (QED) is 0.764. The molecule has 1 atom stereocenters. The number of nitrogens with one attached hydrogen (secondary N) is 1. The summed E-state index contributed by atoms with van der Waals surface area (Å²) < 4.78 is 28.4. The summed E-state index contributed by atoms with van der Waals surface area (Å²) in [6.07, 6.45) is 1.87. The molecule has 134 valence electrons. The normalized spacial score (nSPS) is 12.1. The fourth-order valence-electron chi connectivity index (χ4n) is 2.80. The van der Waals surface area contributed by atoms with E-state index in [0.29, 0.717) is 17.2 Å². The molecule has 1 heterocycles. The number of hydrogen-bond donors (Lipinski definition) is 1. The summed E-state index contributed by atoms with van der Waals surface area (Å²) in [6.45, 7) is 1.44. The van der Waals surface area contributed by atoms with Crippen LogP contribution in [0.2, 0.25) is 0 Å². The molecule has 26 heavy (non-hydrogen) atoms. The van der Waals surface area contributed by atoms with E-state index < -0.39 is 23.6 Å². The number of benzene rings is 2. The average molecular weight is 357 g/mol. The molecule has 5 nitrogen and oxygen atoms in total. The average Bonchev–Trinajstić information content (AvgIpc) is 2.64. The van der Waals surface area contributed by atoms with Crippen molar-refractivity contribution >= 4 is 16.7 Å². The molecular formula is C19H17F2N3O2. The molecule has 0 saturated carbocycles. The highest BCUT2D eigenvalue weighted by Crippen LogP contribution is 2.21. The predicted octanol–water partition coefficient (Wildman–Crippen LogP) is 2.94. The van der Waals surface area contributed by atoms with Gasteiger partial charge in [0.2, 0.25) is 5.91 Å². The standard InChI is InChI=1S/C19H17F2N3O2/c1-2-17(15-9-13(20)7-8-16(15)21)23-18(25)11-24-19(26)14-6-4-3-5-12(14)10-22-24/h3-10,17H,2,11H2,1H3,(H,23,25). The molecule has 0 aliphatic heterocycles. The van der Waals surface area contributed by atoms with Crippen molar-refractivity contribution in [2.75, 3.05) is 0 Å². The summed E-state index contributed by atoms with van der Waals surface area (Å²) in [6, 6.07) is 9.34. The van der Waals surface area contributed by atoms with Crippen LogP contribution in [-0.4, -0.2) is 15.7 Å². The van der Waals surface area contributed by atoms with Crippen LogP contribution in [0.1, 0.15) is 24.9 Å². The number of carbonyl (C=O) groups excluding carboxylic acids is 1. The Morgan fingerprint density at radius 1 is 1.23 bits per heavy atom. The van der Waals surface area contributed by atoms with Gasteiger partial charge in [-0.15, -0.1) is 0 Å². The van der Waals surface area contributed by atoms with Crippen molar-refractivity contribution in [1.82, 2.24) is 15.1 Å². The highest BCUT2D eigenvalue weighted by molar-refractivity contribution is 5.81. The topological polar surface area (TPSA) is 64.0 Å². The van der Waals surface area contributed by atoms with Crippen LogP contribution in [-0.2, 0) is 11.3 Å². The third kappa shape index (κ3) is 3.61. The lowest BCUT2D eigenvalue weighted by atomic mass is 10.0. The molecule has 0 aliphatic carbocycles. The first kappa shape index (κ1) is 17.7.